The number of halogens is 1. The van der Waals surface area contributed by atoms with E-state index in [-0.39, 0.29) is 11.9 Å². The van der Waals surface area contributed by atoms with Crippen LogP contribution >= 0.6 is 15.9 Å². The van der Waals surface area contributed by atoms with Crippen LogP contribution in [0, 0.1) is 0 Å². The lowest BCUT2D eigenvalue weighted by atomic mass is 9.99. The van der Waals surface area contributed by atoms with E-state index >= 15 is 0 Å². The molecule has 2 rings (SSSR count). The molecule has 1 aliphatic heterocycles. The lowest BCUT2D eigenvalue weighted by Gasteiger charge is -2.38. The summed E-state index contributed by atoms with van der Waals surface area (Å²) in [5.74, 6) is 0.279. The average molecular weight is 367 g/mol. The molecule has 0 bridgehead atoms. The molecule has 0 aromatic heterocycles. The zero-order chi connectivity index (χ0) is 16.1. The summed E-state index contributed by atoms with van der Waals surface area (Å²) in [7, 11) is 2.03. The fourth-order valence-electron chi connectivity index (χ4n) is 3.18. The molecule has 0 saturated carbocycles. The minimum absolute atomic E-state index is 0.0840. The zero-order valence-electron chi connectivity index (χ0n) is 13.9. The molecule has 0 spiro atoms. The van der Waals surface area contributed by atoms with Crippen molar-refractivity contribution in [3.05, 3.63) is 34.3 Å². The largest absolute Gasteiger partial charge is 0.338 e. The van der Waals surface area contributed by atoms with E-state index in [0.717, 1.165) is 36.8 Å². The van der Waals surface area contributed by atoms with Crippen molar-refractivity contribution in [2.24, 2.45) is 0 Å². The highest BCUT2D eigenvalue weighted by molar-refractivity contribution is 9.10. The van der Waals surface area contributed by atoms with Gasteiger partial charge in [0.05, 0.1) is 6.04 Å². The van der Waals surface area contributed by atoms with Crippen LogP contribution in [0.25, 0.3) is 0 Å². The molecule has 1 aliphatic rings. The third-order valence-electron chi connectivity index (χ3n) is 4.78. The number of hydrogen-bond acceptors (Lipinski definition) is 2. The standard InChI is InChI=1S/C18H27BrN2O/c1-4-16-10-7-8-12-21(16)18(22)14(2)20(3)13-15-9-5-6-11-17(15)19/h5-6,9,11,14,16H,4,7-8,10,12-13H2,1-3H3. The fourth-order valence-corrected chi connectivity index (χ4v) is 3.59. The summed E-state index contributed by atoms with van der Waals surface area (Å²) in [4.78, 5) is 17.1. The second-order valence-electron chi connectivity index (χ2n) is 6.27. The van der Waals surface area contributed by atoms with Crippen molar-refractivity contribution < 1.29 is 4.79 Å². The Balaban J connectivity index is 2.01. The van der Waals surface area contributed by atoms with Gasteiger partial charge in [-0.3, -0.25) is 9.69 Å². The van der Waals surface area contributed by atoms with Crippen LogP contribution in [0.15, 0.2) is 28.7 Å². The van der Waals surface area contributed by atoms with Gasteiger partial charge in [0.2, 0.25) is 5.91 Å². The van der Waals surface area contributed by atoms with E-state index in [9.17, 15) is 4.79 Å². The minimum atomic E-state index is -0.0840. The van der Waals surface area contributed by atoms with Gasteiger partial charge in [0.15, 0.2) is 0 Å². The monoisotopic (exact) mass is 366 g/mol. The Morgan fingerprint density at radius 1 is 1.41 bits per heavy atom. The lowest BCUT2D eigenvalue weighted by Crippen LogP contribution is -2.51. The molecule has 3 nitrogen and oxygen atoms in total. The number of piperidine rings is 1. The van der Waals surface area contributed by atoms with Gasteiger partial charge in [0, 0.05) is 23.6 Å². The molecule has 22 heavy (non-hydrogen) atoms. The van der Waals surface area contributed by atoms with Crippen molar-refractivity contribution in [1.29, 1.82) is 0 Å². The molecule has 4 heteroatoms. The number of benzene rings is 1. The molecule has 0 radical (unpaired) electrons. The molecule has 0 aliphatic carbocycles. The maximum absolute atomic E-state index is 12.9. The van der Waals surface area contributed by atoms with Crippen LogP contribution in [0.2, 0.25) is 0 Å². The number of rotatable bonds is 5. The SMILES string of the molecule is CCC1CCCCN1C(=O)C(C)N(C)Cc1ccccc1Br. The molecule has 2 atom stereocenters. The van der Waals surface area contributed by atoms with Crippen LogP contribution in [-0.2, 0) is 11.3 Å². The van der Waals surface area contributed by atoms with E-state index in [1.54, 1.807) is 0 Å². The van der Waals surface area contributed by atoms with Crippen LogP contribution in [0.3, 0.4) is 0 Å². The van der Waals surface area contributed by atoms with E-state index in [2.05, 4.69) is 38.7 Å². The Labute approximate surface area is 142 Å². The molecular formula is C18H27BrN2O. The summed E-state index contributed by atoms with van der Waals surface area (Å²) in [6, 6.07) is 8.56. The maximum Gasteiger partial charge on any atom is 0.239 e. The molecule has 1 aromatic carbocycles. The van der Waals surface area contributed by atoms with Gasteiger partial charge in [-0.15, -0.1) is 0 Å². The second kappa shape index (κ2) is 8.11. The van der Waals surface area contributed by atoms with Gasteiger partial charge in [-0.25, -0.2) is 0 Å². The minimum Gasteiger partial charge on any atom is -0.338 e. The quantitative estimate of drug-likeness (QED) is 0.784. The average Bonchev–Trinajstić information content (AvgIpc) is 2.55. The Morgan fingerprint density at radius 2 is 2.14 bits per heavy atom. The van der Waals surface area contributed by atoms with Gasteiger partial charge < -0.3 is 4.90 Å². The summed E-state index contributed by atoms with van der Waals surface area (Å²) in [6.07, 6.45) is 4.61. The third kappa shape index (κ3) is 4.11. The van der Waals surface area contributed by atoms with E-state index < -0.39 is 0 Å². The molecule has 0 N–H and O–H groups in total. The third-order valence-corrected chi connectivity index (χ3v) is 5.55. The highest BCUT2D eigenvalue weighted by Crippen LogP contribution is 2.22. The van der Waals surface area contributed by atoms with Gasteiger partial charge >= 0.3 is 0 Å². The predicted octanol–water partition coefficient (Wildman–Crippen LogP) is 4.06. The van der Waals surface area contributed by atoms with Gasteiger partial charge in [-0.05, 0) is 51.3 Å². The van der Waals surface area contributed by atoms with Crippen LogP contribution in [0.4, 0.5) is 0 Å². The summed E-state index contributed by atoms with van der Waals surface area (Å²) < 4.78 is 1.10. The maximum atomic E-state index is 12.9. The number of hydrogen-bond donors (Lipinski definition) is 0. The van der Waals surface area contributed by atoms with E-state index in [0.29, 0.717) is 6.04 Å². The highest BCUT2D eigenvalue weighted by atomic mass is 79.9. The Hall–Kier alpha value is -0.870. The molecular weight excluding hydrogens is 340 g/mol. The first-order valence-electron chi connectivity index (χ1n) is 8.28. The smallest absolute Gasteiger partial charge is 0.239 e. The number of likely N-dealkylation sites (tertiary alicyclic amines) is 1. The molecule has 1 fully saturated rings. The fraction of sp³-hybridized carbons (Fsp3) is 0.611. The first kappa shape index (κ1) is 17.5. The number of nitrogens with zero attached hydrogens (tertiary/aromatic N) is 2. The van der Waals surface area contributed by atoms with Crippen LogP contribution < -0.4 is 0 Å². The van der Waals surface area contributed by atoms with Crippen LogP contribution in [-0.4, -0.2) is 41.4 Å². The summed E-state index contributed by atoms with van der Waals surface area (Å²) in [5, 5.41) is 0. The Bertz CT molecular complexity index is 506. The van der Waals surface area contributed by atoms with E-state index in [1.165, 1.54) is 12.0 Å². The van der Waals surface area contributed by atoms with Crippen molar-refractivity contribution in [3.8, 4) is 0 Å². The van der Waals surface area contributed by atoms with Gasteiger partial charge in [-0.2, -0.15) is 0 Å². The topological polar surface area (TPSA) is 23.6 Å². The molecule has 1 amide bonds. The van der Waals surface area contributed by atoms with Crippen molar-refractivity contribution in [3.63, 3.8) is 0 Å². The van der Waals surface area contributed by atoms with Crippen LogP contribution in [0.5, 0.6) is 0 Å². The Kier molecular flexibility index (Phi) is 6.45. The summed E-state index contributed by atoms with van der Waals surface area (Å²) in [6.45, 7) is 5.91. The van der Waals surface area contributed by atoms with E-state index in [1.807, 2.05) is 32.2 Å². The van der Waals surface area contributed by atoms with Gasteiger partial charge in [0.25, 0.3) is 0 Å². The number of carbonyl (C=O) groups is 1. The number of carbonyl (C=O) groups excluding carboxylic acids is 1. The predicted molar refractivity (Wildman–Crippen MR) is 94.7 cm³/mol. The molecule has 1 heterocycles. The van der Waals surface area contributed by atoms with Crippen molar-refractivity contribution in [1.82, 2.24) is 9.80 Å². The normalized spacial score (nSPS) is 20.2. The van der Waals surface area contributed by atoms with Gasteiger partial charge in [0.1, 0.15) is 0 Å². The first-order chi connectivity index (χ1) is 10.5. The zero-order valence-corrected chi connectivity index (χ0v) is 15.5. The molecule has 2 unspecified atom stereocenters. The molecule has 1 saturated heterocycles. The number of likely N-dealkylation sites (N-methyl/N-ethyl adjacent to an activating group) is 1. The van der Waals surface area contributed by atoms with Crippen molar-refractivity contribution in [2.75, 3.05) is 13.6 Å². The number of amides is 1. The highest BCUT2D eigenvalue weighted by Gasteiger charge is 2.30. The second-order valence-corrected chi connectivity index (χ2v) is 7.13. The Morgan fingerprint density at radius 3 is 2.82 bits per heavy atom. The lowest BCUT2D eigenvalue weighted by molar-refractivity contribution is -0.140. The summed E-state index contributed by atoms with van der Waals surface area (Å²) in [5.41, 5.74) is 1.22. The van der Waals surface area contributed by atoms with Crippen molar-refractivity contribution in [2.45, 2.75) is 58.2 Å². The van der Waals surface area contributed by atoms with E-state index in [4.69, 9.17) is 0 Å². The van der Waals surface area contributed by atoms with Gasteiger partial charge in [-0.1, -0.05) is 41.1 Å². The molecule has 1 aromatic rings. The molecule has 122 valence electrons. The van der Waals surface area contributed by atoms with Crippen LogP contribution in [0.1, 0.15) is 45.1 Å². The van der Waals surface area contributed by atoms with Crippen molar-refractivity contribution >= 4 is 21.8 Å². The summed E-state index contributed by atoms with van der Waals surface area (Å²) >= 11 is 3.59. The first-order valence-corrected chi connectivity index (χ1v) is 9.08.